The topological polar surface area (TPSA) is 129 Å². The van der Waals surface area contributed by atoms with Gasteiger partial charge in [-0.25, -0.2) is 4.79 Å². The number of carboxylic acids is 1. The van der Waals surface area contributed by atoms with E-state index in [4.69, 9.17) is 19.4 Å². The molecule has 0 unspecified atom stereocenters. The van der Waals surface area contributed by atoms with Crippen LogP contribution in [-0.2, 0) is 14.3 Å². The molecule has 3 rings (SSSR count). The van der Waals surface area contributed by atoms with Crippen LogP contribution in [0.3, 0.4) is 0 Å². The Morgan fingerprint density at radius 2 is 1.74 bits per heavy atom. The van der Waals surface area contributed by atoms with Crippen molar-refractivity contribution >= 4 is 11.9 Å². The lowest BCUT2D eigenvalue weighted by molar-refractivity contribution is -0.192. The molecule has 1 heterocycles. The van der Waals surface area contributed by atoms with Gasteiger partial charge in [0.1, 0.15) is 11.9 Å². The van der Waals surface area contributed by atoms with E-state index < -0.39 is 24.3 Å². The number of nitrogens with one attached hydrogen (secondary N) is 1. The van der Waals surface area contributed by atoms with Crippen LogP contribution in [0.5, 0.6) is 5.75 Å². The normalized spacial score (nSPS) is 18.6. The summed E-state index contributed by atoms with van der Waals surface area (Å²) in [7, 11) is 0. The molecule has 2 aliphatic rings. The number of nitrogens with zero attached hydrogens (tertiary/aromatic N) is 1. The van der Waals surface area contributed by atoms with E-state index in [1.54, 1.807) is 0 Å². The van der Waals surface area contributed by atoms with E-state index in [0.717, 1.165) is 63.0 Å². The number of benzene rings is 1. The van der Waals surface area contributed by atoms with Crippen molar-refractivity contribution in [2.45, 2.75) is 109 Å². The Kier molecular flexibility index (Phi) is 17.7. The summed E-state index contributed by atoms with van der Waals surface area (Å²) in [4.78, 5) is 23.7. The van der Waals surface area contributed by atoms with Crippen molar-refractivity contribution in [2.75, 3.05) is 32.8 Å². The summed E-state index contributed by atoms with van der Waals surface area (Å²) in [5, 5.41) is 31.2. The second-order valence-corrected chi connectivity index (χ2v) is 10.6. The number of aliphatic carboxylic acids is 1. The number of aliphatic hydroxyl groups excluding tert-OH is 2. The number of β-amino-alcohol motifs (C(OH)–C–C–N with tert-alkyl or cyclic N) is 1. The first-order valence-corrected chi connectivity index (χ1v) is 14.5. The van der Waals surface area contributed by atoms with Gasteiger partial charge < -0.3 is 30.1 Å². The zero-order valence-corrected chi connectivity index (χ0v) is 23.8. The maximum Gasteiger partial charge on any atom is 0.490 e. The number of carboxylic acid groups (broad SMARTS) is 1. The van der Waals surface area contributed by atoms with Gasteiger partial charge in [0.05, 0.1) is 24.9 Å². The monoisotopic (exact) mass is 606 g/mol. The molecule has 3 atom stereocenters. The number of unbranched alkanes of at least 4 members (excludes halogenated alkanes) is 3. The van der Waals surface area contributed by atoms with E-state index in [-0.39, 0.29) is 19.4 Å². The van der Waals surface area contributed by atoms with Crippen LogP contribution in [0.1, 0.15) is 90.2 Å². The van der Waals surface area contributed by atoms with Crippen LogP contribution in [-0.4, -0.2) is 89.4 Å². The number of rotatable bonds is 16. The van der Waals surface area contributed by atoms with Gasteiger partial charge in [-0.1, -0.05) is 39.3 Å². The zero-order chi connectivity index (χ0) is 30.3. The molecule has 0 radical (unpaired) electrons. The molecule has 0 bridgehead atoms. The molecule has 0 spiro atoms. The number of amides is 1. The van der Waals surface area contributed by atoms with Crippen molar-refractivity contribution in [1.82, 2.24) is 10.2 Å². The maximum absolute atomic E-state index is 12.7. The van der Waals surface area contributed by atoms with Crippen LogP contribution in [0.4, 0.5) is 13.2 Å². The van der Waals surface area contributed by atoms with Crippen LogP contribution in [0.2, 0.25) is 0 Å². The Balaban J connectivity index is 0.000000981. The van der Waals surface area contributed by atoms with Crippen molar-refractivity contribution in [1.29, 1.82) is 0 Å². The Hall–Kier alpha value is -2.41. The highest BCUT2D eigenvalue weighted by atomic mass is 19.4. The first-order chi connectivity index (χ1) is 19.5. The van der Waals surface area contributed by atoms with Crippen molar-refractivity contribution in [3.8, 4) is 5.75 Å². The van der Waals surface area contributed by atoms with E-state index in [1.807, 2.05) is 24.3 Å². The quantitative estimate of drug-likeness (QED) is 0.197. The first-order valence-electron chi connectivity index (χ1n) is 14.5. The molecule has 9 nitrogen and oxygen atoms in total. The van der Waals surface area contributed by atoms with Crippen molar-refractivity contribution in [3.63, 3.8) is 0 Å². The number of ether oxygens (including phenoxy) is 2. The predicted octanol–water partition coefficient (Wildman–Crippen LogP) is 4.85. The summed E-state index contributed by atoms with van der Waals surface area (Å²) in [6.07, 6.45) is 3.89. The van der Waals surface area contributed by atoms with E-state index >= 15 is 0 Å². The van der Waals surface area contributed by atoms with Gasteiger partial charge in [-0.15, -0.1) is 0 Å². The number of likely N-dealkylation sites (tertiary alicyclic amines) is 1. The van der Waals surface area contributed by atoms with Gasteiger partial charge in [0.2, 0.25) is 5.91 Å². The van der Waals surface area contributed by atoms with Crippen LogP contribution in [0.15, 0.2) is 24.3 Å². The molecule has 1 amide bonds. The average molecular weight is 607 g/mol. The number of carbonyl (C=O) groups is 2. The molecule has 1 aliphatic carbocycles. The third-order valence-corrected chi connectivity index (χ3v) is 7.11. The second-order valence-electron chi connectivity index (χ2n) is 10.6. The molecule has 2 fully saturated rings. The van der Waals surface area contributed by atoms with Crippen molar-refractivity contribution in [3.05, 3.63) is 29.8 Å². The summed E-state index contributed by atoms with van der Waals surface area (Å²) in [6, 6.07) is 7.04. The molecule has 42 heavy (non-hydrogen) atoms. The Bertz CT molecular complexity index is 898. The summed E-state index contributed by atoms with van der Waals surface area (Å²) in [5.41, 5.74) is 0.751. The minimum absolute atomic E-state index is 0. The third kappa shape index (κ3) is 14.7. The number of alkyl halides is 3. The maximum atomic E-state index is 12.7. The van der Waals surface area contributed by atoms with E-state index in [1.165, 1.54) is 19.3 Å². The number of hydrogen-bond donors (Lipinski definition) is 4. The van der Waals surface area contributed by atoms with Crippen molar-refractivity contribution in [2.24, 2.45) is 0 Å². The largest absolute Gasteiger partial charge is 0.494 e. The van der Waals surface area contributed by atoms with E-state index in [9.17, 15) is 28.2 Å². The summed E-state index contributed by atoms with van der Waals surface area (Å²) >= 11 is 0. The summed E-state index contributed by atoms with van der Waals surface area (Å²) in [6.45, 7) is 5.44. The molecule has 1 aromatic carbocycles. The number of aliphatic hydroxyl groups is 2. The van der Waals surface area contributed by atoms with Gasteiger partial charge >= 0.3 is 12.1 Å². The molecule has 4 N–H and O–H groups in total. The highest BCUT2D eigenvalue weighted by Gasteiger charge is 2.38. The molecule has 1 aromatic rings. The molecule has 12 heteroatoms. The van der Waals surface area contributed by atoms with Gasteiger partial charge in [-0.05, 0) is 62.6 Å². The molecule has 0 aromatic heterocycles. The fourth-order valence-electron chi connectivity index (χ4n) is 4.44. The molecule has 1 saturated carbocycles. The molecular formula is C30H49F3N2O7. The molecular weight excluding hydrogens is 557 g/mol. The minimum Gasteiger partial charge on any atom is -0.494 e. The van der Waals surface area contributed by atoms with E-state index in [2.05, 4.69) is 17.1 Å². The van der Waals surface area contributed by atoms with Gasteiger partial charge in [-0.2, -0.15) is 13.2 Å². The fraction of sp³-hybridized carbons (Fsp3) is 0.733. The summed E-state index contributed by atoms with van der Waals surface area (Å²) < 4.78 is 43.2. The lowest BCUT2D eigenvalue weighted by Crippen LogP contribution is -2.47. The zero-order valence-electron chi connectivity index (χ0n) is 23.8. The highest BCUT2D eigenvalue weighted by molar-refractivity contribution is 5.76. The minimum atomic E-state index is -5.08. The Morgan fingerprint density at radius 1 is 1.07 bits per heavy atom. The predicted molar refractivity (Wildman–Crippen MR) is 153 cm³/mol. The van der Waals surface area contributed by atoms with Gasteiger partial charge in [0.15, 0.2) is 0 Å². The standard InChI is InChI=1S/C27H44N2O5.C2HF3O2.CH4/c1-2-3-17-33-24-13-11-21(12-14-24)27(32)25(20-29-16-15-22(30)19-29)28-26(31)10-5-4-6-18-34-23-8-7-9-23;3-2(4,5)1(6)7;/h11-14,22-23,25,27,30,32H,2-10,15-20H2,1H3,(H,28,31);(H,6,7);1H4/t22-,25+,27+;;/m0../s1. The highest BCUT2D eigenvalue weighted by Crippen LogP contribution is 2.24. The number of carbonyl (C=O) groups excluding carboxylic acids is 1. The molecule has 1 saturated heterocycles. The summed E-state index contributed by atoms with van der Waals surface area (Å²) in [5.74, 6) is -2.01. The van der Waals surface area contributed by atoms with Crippen LogP contribution < -0.4 is 10.1 Å². The molecule has 242 valence electrons. The molecule has 1 aliphatic heterocycles. The number of hydrogen-bond acceptors (Lipinski definition) is 7. The second kappa shape index (κ2) is 19.7. The fourth-order valence-corrected chi connectivity index (χ4v) is 4.44. The van der Waals surface area contributed by atoms with Crippen molar-refractivity contribution < 1.29 is 47.6 Å². The average Bonchev–Trinajstić information content (AvgIpc) is 3.31. The smallest absolute Gasteiger partial charge is 0.490 e. The van der Waals surface area contributed by atoms with Crippen LogP contribution in [0, 0.1) is 0 Å². The first kappa shape index (κ1) is 37.6. The van der Waals surface area contributed by atoms with Crippen LogP contribution >= 0.6 is 0 Å². The van der Waals surface area contributed by atoms with Gasteiger partial charge in [0.25, 0.3) is 0 Å². The lowest BCUT2D eigenvalue weighted by Gasteiger charge is -2.29. The SMILES string of the molecule is C.CCCCOc1ccc([C@@H](O)[C@@H](CN2CC[C@H](O)C2)NC(=O)CCCCCOC2CCC2)cc1.O=C(O)C(F)(F)F. The van der Waals surface area contributed by atoms with Gasteiger partial charge in [-0.3, -0.25) is 9.69 Å². The Labute approximate surface area is 247 Å². The number of halogens is 3. The third-order valence-electron chi connectivity index (χ3n) is 7.11. The van der Waals surface area contributed by atoms with Crippen LogP contribution in [0.25, 0.3) is 0 Å². The lowest BCUT2D eigenvalue weighted by atomic mass is 9.96. The van der Waals surface area contributed by atoms with Gasteiger partial charge in [0, 0.05) is 32.7 Å². The Morgan fingerprint density at radius 3 is 2.26 bits per heavy atom. The van der Waals surface area contributed by atoms with E-state index in [0.29, 0.717) is 32.2 Å².